The van der Waals surface area contributed by atoms with E-state index in [1.54, 1.807) is 6.92 Å². The van der Waals surface area contributed by atoms with Crippen molar-refractivity contribution in [2.75, 3.05) is 13.2 Å². The van der Waals surface area contributed by atoms with Crippen molar-refractivity contribution in [2.24, 2.45) is 11.1 Å². The second-order valence-electron chi connectivity index (χ2n) is 4.92. The molecule has 3 nitrogen and oxygen atoms in total. The first-order valence-corrected chi connectivity index (χ1v) is 5.73. The highest BCUT2D eigenvalue weighted by Gasteiger charge is 2.43. The molecule has 0 amide bonds. The molecule has 0 radical (unpaired) electrons. The monoisotopic (exact) mass is 255 g/mol. The number of nitrogens with two attached hydrogens (primary N) is 1. The number of ether oxygens (including phenoxy) is 1. The summed E-state index contributed by atoms with van der Waals surface area (Å²) in [7, 11) is 0. The van der Waals surface area contributed by atoms with Gasteiger partial charge in [0.25, 0.3) is 0 Å². The first kappa shape index (κ1) is 13.1. The highest BCUT2D eigenvalue weighted by atomic mass is 19.1. The van der Waals surface area contributed by atoms with Crippen LogP contribution in [0.4, 0.5) is 8.78 Å². The first-order chi connectivity index (χ1) is 8.41. The smallest absolute Gasteiger partial charge is 0.147 e. The highest BCUT2D eigenvalue weighted by molar-refractivity contribution is 5.87. The van der Waals surface area contributed by atoms with Gasteiger partial charge in [-0.15, -0.1) is 0 Å². The van der Waals surface area contributed by atoms with Crippen molar-refractivity contribution in [2.45, 2.75) is 19.4 Å². The molecule has 1 aromatic rings. The van der Waals surface area contributed by atoms with Gasteiger partial charge >= 0.3 is 0 Å². The molecule has 98 valence electrons. The molecule has 1 aromatic carbocycles. The number of benzene rings is 1. The lowest BCUT2D eigenvalue weighted by molar-refractivity contribution is -0.127. The molecule has 5 heteroatoms. The summed E-state index contributed by atoms with van der Waals surface area (Å²) in [6.07, 6.45) is -0.0394. The predicted octanol–water partition coefficient (Wildman–Crippen LogP) is 1.44. The SMILES string of the molecule is CC1(C(=O)Cc2cc(F)cc(F)c2)COCC1N. The van der Waals surface area contributed by atoms with Crippen LogP contribution in [-0.4, -0.2) is 25.0 Å². The summed E-state index contributed by atoms with van der Waals surface area (Å²) in [6, 6.07) is 2.72. The van der Waals surface area contributed by atoms with Crippen LogP contribution in [-0.2, 0) is 16.0 Å². The van der Waals surface area contributed by atoms with E-state index in [9.17, 15) is 13.6 Å². The van der Waals surface area contributed by atoms with E-state index in [-0.39, 0.29) is 24.9 Å². The van der Waals surface area contributed by atoms with E-state index in [0.717, 1.165) is 18.2 Å². The quantitative estimate of drug-likeness (QED) is 0.889. The Labute approximate surface area is 104 Å². The van der Waals surface area contributed by atoms with Gasteiger partial charge in [0, 0.05) is 18.5 Å². The molecule has 1 saturated heterocycles. The van der Waals surface area contributed by atoms with Crippen molar-refractivity contribution < 1.29 is 18.3 Å². The van der Waals surface area contributed by atoms with Gasteiger partial charge in [0.1, 0.15) is 17.4 Å². The van der Waals surface area contributed by atoms with Crippen molar-refractivity contribution in [1.29, 1.82) is 0 Å². The standard InChI is InChI=1S/C13H15F2NO2/c1-13(7-18-6-11(13)16)12(17)4-8-2-9(14)5-10(15)3-8/h2-3,5,11H,4,6-7,16H2,1H3. The molecule has 0 aromatic heterocycles. The first-order valence-electron chi connectivity index (χ1n) is 5.73. The van der Waals surface area contributed by atoms with Crippen molar-refractivity contribution in [3.8, 4) is 0 Å². The average Bonchev–Trinajstić information content (AvgIpc) is 2.59. The van der Waals surface area contributed by atoms with Gasteiger partial charge in [0.2, 0.25) is 0 Å². The van der Waals surface area contributed by atoms with Crippen LogP contribution in [0.15, 0.2) is 18.2 Å². The fourth-order valence-electron chi connectivity index (χ4n) is 2.08. The molecule has 0 saturated carbocycles. The van der Waals surface area contributed by atoms with E-state index < -0.39 is 17.0 Å². The molecule has 2 atom stereocenters. The summed E-state index contributed by atoms with van der Waals surface area (Å²) in [5, 5.41) is 0. The minimum atomic E-state index is -0.775. The zero-order valence-corrected chi connectivity index (χ0v) is 10.1. The molecule has 1 aliphatic rings. The van der Waals surface area contributed by atoms with Crippen LogP contribution in [0.3, 0.4) is 0 Å². The summed E-state index contributed by atoms with van der Waals surface area (Å²) in [4.78, 5) is 12.2. The number of Topliss-reactive ketones (excluding diaryl/α,β-unsaturated/α-hetero) is 1. The fourth-order valence-corrected chi connectivity index (χ4v) is 2.08. The average molecular weight is 255 g/mol. The Bertz CT molecular complexity index is 458. The van der Waals surface area contributed by atoms with Crippen molar-refractivity contribution in [1.82, 2.24) is 0 Å². The Morgan fingerprint density at radius 1 is 1.44 bits per heavy atom. The highest BCUT2D eigenvalue weighted by Crippen LogP contribution is 2.29. The zero-order chi connectivity index (χ0) is 13.3. The van der Waals surface area contributed by atoms with E-state index in [4.69, 9.17) is 10.5 Å². The van der Waals surface area contributed by atoms with E-state index >= 15 is 0 Å². The Hall–Kier alpha value is -1.33. The number of rotatable bonds is 3. The molecule has 1 heterocycles. The molecular formula is C13H15F2NO2. The maximum atomic E-state index is 13.0. The molecule has 2 unspecified atom stereocenters. The molecule has 18 heavy (non-hydrogen) atoms. The summed E-state index contributed by atoms with van der Waals surface area (Å²) in [5.41, 5.74) is 5.38. The normalized spacial score (nSPS) is 27.4. The number of hydrogen-bond donors (Lipinski definition) is 1. The molecule has 1 aliphatic heterocycles. The van der Waals surface area contributed by atoms with Gasteiger partial charge in [0.05, 0.1) is 18.6 Å². The number of halogens is 2. The number of hydrogen-bond acceptors (Lipinski definition) is 3. The van der Waals surface area contributed by atoms with E-state index in [0.29, 0.717) is 12.2 Å². The maximum absolute atomic E-state index is 13.0. The van der Waals surface area contributed by atoms with Gasteiger partial charge in [0.15, 0.2) is 0 Å². The fraction of sp³-hybridized carbons (Fsp3) is 0.462. The summed E-state index contributed by atoms with van der Waals surface area (Å²) in [6.45, 7) is 2.31. The number of carbonyl (C=O) groups excluding carboxylic acids is 1. The predicted molar refractivity (Wildman–Crippen MR) is 62.0 cm³/mol. The van der Waals surface area contributed by atoms with Crippen LogP contribution in [0, 0.1) is 17.0 Å². The Kier molecular flexibility index (Phi) is 3.45. The van der Waals surface area contributed by atoms with Crippen LogP contribution in [0.25, 0.3) is 0 Å². The third-order valence-corrected chi connectivity index (χ3v) is 3.44. The van der Waals surface area contributed by atoms with Crippen molar-refractivity contribution in [3.05, 3.63) is 35.4 Å². The van der Waals surface area contributed by atoms with Crippen LogP contribution in [0.1, 0.15) is 12.5 Å². The second kappa shape index (κ2) is 4.74. The molecular weight excluding hydrogens is 240 g/mol. The Morgan fingerprint density at radius 2 is 2.06 bits per heavy atom. The number of carbonyl (C=O) groups is 1. The van der Waals surface area contributed by atoms with Gasteiger partial charge in [-0.2, -0.15) is 0 Å². The van der Waals surface area contributed by atoms with Gasteiger partial charge in [-0.3, -0.25) is 4.79 Å². The lowest BCUT2D eigenvalue weighted by Gasteiger charge is -2.25. The Morgan fingerprint density at radius 3 is 2.56 bits per heavy atom. The lowest BCUT2D eigenvalue weighted by Crippen LogP contribution is -2.45. The van der Waals surface area contributed by atoms with Gasteiger partial charge in [-0.25, -0.2) is 8.78 Å². The van der Waals surface area contributed by atoms with Crippen LogP contribution in [0.5, 0.6) is 0 Å². The van der Waals surface area contributed by atoms with Gasteiger partial charge in [-0.1, -0.05) is 0 Å². The van der Waals surface area contributed by atoms with Crippen molar-refractivity contribution >= 4 is 5.78 Å². The minimum absolute atomic E-state index is 0.0394. The topological polar surface area (TPSA) is 52.3 Å². The summed E-state index contributed by atoms with van der Waals surface area (Å²) >= 11 is 0. The zero-order valence-electron chi connectivity index (χ0n) is 10.1. The summed E-state index contributed by atoms with van der Waals surface area (Å²) < 4.78 is 31.2. The molecule has 0 bridgehead atoms. The molecule has 0 aliphatic carbocycles. The second-order valence-corrected chi connectivity index (χ2v) is 4.92. The Balaban J connectivity index is 2.16. The maximum Gasteiger partial charge on any atom is 0.147 e. The number of ketones is 1. The summed E-state index contributed by atoms with van der Waals surface area (Å²) in [5.74, 6) is -1.53. The molecule has 0 spiro atoms. The van der Waals surface area contributed by atoms with Crippen LogP contribution >= 0.6 is 0 Å². The van der Waals surface area contributed by atoms with Crippen LogP contribution in [0.2, 0.25) is 0 Å². The molecule has 1 fully saturated rings. The van der Waals surface area contributed by atoms with Gasteiger partial charge < -0.3 is 10.5 Å². The third-order valence-electron chi connectivity index (χ3n) is 3.44. The van der Waals surface area contributed by atoms with E-state index in [1.165, 1.54) is 0 Å². The molecule has 2 N–H and O–H groups in total. The largest absolute Gasteiger partial charge is 0.379 e. The van der Waals surface area contributed by atoms with Gasteiger partial charge in [-0.05, 0) is 24.6 Å². The minimum Gasteiger partial charge on any atom is -0.379 e. The lowest BCUT2D eigenvalue weighted by atomic mass is 9.79. The van der Waals surface area contributed by atoms with Crippen LogP contribution < -0.4 is 5.73 Å². The molecule has 2 rings (SSSR count). The van der Waals surface area contributed by atoms with E-state index in [1.807, 2.05) is 0 Å². The third kappa shape index (κ3) is 2.42. The van der Waals surface area contributed by atoms with E-state index in [2.05, 4.69) is 0 Å². The van der Waals surface area contributed by atoms with Crippen molar-refractivity contribution in [3.63, 3.8) is 0 Å².